The van der Waals surface area contributed by atoms with Crippen molar-refractivity contribution in [3.05, 3.63) is 23.3 Å². The monoisotopic (exact) mass is 234 g/mol. The second-order valence-corrected chi connectivity index (χ2v) is 5.27. The average molecular weight is 234 g/mol. The number of hydrogen-bond acceptors (Lipinski definition) is 3. The number of carbonyl (C=O) groups is 1. The Morgan fingerprint density at radius 1 is 1.47 bits per heavy atom. The fourth-order valence-corrected chi connectivity index (χ4v) is 3.88. The number of esters is 1. The van der Waals surface area contributed by atoms with Crippen LogP contribution in [0.5, 0.6) is 0 Å². The minimum Gasteiger partial charge on any atom is -0.463 e. The summed E-state index contributed by atoms with van der Waals surface area (Å²) in [5.74, 6) is 1.52. The highest BCUT2D eigenvalue weighted by atomic mass is 16.5. The van der Waals surface area contributed by atoms with Gasteiger partial charge in [0, 0.05) is 11.5 Å². The van der Waals surface area contributed by atoms with Crippen molar-refractivity contribution >= 4 is 5.97 Å². The van der Waals surface area contributed by atoms with Gasteiger partial charge in [0.25, 0.3) is 0 Å². The van der Waals surface area contributed by atoms with Crippen molar-refractivity contribution in [2.75, 3.05) is 6.61 Å². The van der Waals surface area contributed by atoms with Gasteiger partial charge in [0.1, 0.15) is 0 Å². The minimum absolute atomic E-state index is 0.217. The molecule has 17 heavy (non-hydrogen) atoms. The molecule has 3 rings (SSSR count). The third-order valence-corrected chi connectivity index (χ3v) is 4.41. The van der Waals surface area contributed by atoms with Gasteiger partial charge in [-0.15, -0.1) is 0 Å². The van der Waals surface area contributed by atoms with E-state index in [2.05, 4.69) is 12.2 Å². The number of allylic oxidation sites excluding steroid dienone is 2. The Kier molecular flexibility index (Phi) is 2.40. The van der Waals surface area contributed by atoms with Gasteiger partial charge in [-0.25, -0.2) is 4.79 Å². The molecule has 0 radical (unpaired) electrons. The van der Waals surface area contributed by atoms with Crippen LogP contribution in [0.4, 0.5) is 0 Å². The molecule has 0 aromatic heterocycles. The first-order chi connectivity index (χ1) is 8.15. The molecule has 0 heterocycles. The number of ether oxygens (including phenoxy) is 1. The Morgan fingerprint density at radius 3 is 2.71 bits per heavy atom. The molecule has 0 amide bonds. The molecular weight excluding hydrogens is 216 g/mol. The topological polar surface area (TPSA) is 46.5 Å². The number of carbonyl (C=O) groups excluding carboxylic acids is 1. The summed E-state index contributed by atoms with van der Waals surface area (Å²) in [5.41, 5.74) is 1.70. The zero-order valence-electron chi connectivity index (χ0n) is 10.2. The fraction of sp³-hybridized carbons (Fsp3) is 0.643. The molecule has 92 valence electrons. The Bertz CT molecular complexity index is 419. The minimum atomic E-state index is -0.525. The predicted molar refractivity (Wildman–Crippen MR) is 63.1 cm³/mol. The Hall–Kier alpha value is -1.09. The lowest BCUT2D eigenvalue weighted by molar-refractivity contribution is -0.140. The van der Waals surface area contributed by atoms with Crippen molar-refractivity contribution in [2.45, 2.75) is 26.4 Å². The lowest BCUT2D eigenvalue weighted by Gasteiger charge is -2.43. The van der Waals surface area contributed by atoms with Gasteiger partial charge in [0.15, 0.2) is 0 Å². The zero-order valence-corrected chi connectivity index (χ0v) is 10.2. The molecule has 1 saturated carbocycles. The van der Waals surface area contributed by atoms with Gasteiger partial charge in [0.2, 0.25) is 0 Å². The van der Waals surface area contributed by atoms with Gasteiger partial charge in [-0.3, -0.25) is 0 Å². The van der Waals surface area contributed by atoms with E-state index in [0.29, 0.717) is 30.3 Å². The number of aliphatic hydroxyl groups is 1. The lowest BCUT2D eigenvalue weighted by Crippen LogP contribution is -2.42. The van der Waals surface area contributed by atoms with Gasteiger partial charge in [-0.1, -0.05) is 12.2 Å². The number of hydrogen-bond donors (Lipinski definition) is 1. The second-order valence-electron chi connectivity index (χ2n) is 5.27. The lowest BCUT2D eigenvalue weighted by atomic mass is 9.61. The standard InChI is InChI=1S/C14H18O3/c1-3-17-14(16)13-10(7(2)15)11-8-4-5-9(6-8)12(11)13/h4-5,7-9,11-12,15H,3,6H2,1-2H3/t7-,8+,9-,11+,12+/m0/s1. The van der Waals surface area contributed by atoms with Gasteiger partial charge in [-0.2, -0.15) is 0 Å². The summed E-state index contributed by atoms with van der Waals surface area (Å²) >= 11 is 0. The molecule has 3 heteroatoms. The van der Waals surface area contributed by atoms with Crippen LogP contribution in [0.1, 0.15) is 20.3 Å². The van der Waals surface area contributed by atoms with E-state index in [1.165, 1.54) is 0 Å². The molecule has 0 spiro atoms. The highest BCUT2D eigenvalue weighted by Gasteiger charge is 2.57. The van der Waals surface area contributed by atoms with E-state index in [9.17, 15) is 9.90 Å². The molecule has 0 aromatic carbocycles. The predicted octanol–water partition coefficient (Wildman–Crippen LogP) is 1.68. The molecule has 0 unspecified atom stereocenters. The van der Waals surface area contributed by atoms with Crippen LogP contribution >= 0.6 is 0 Å². The smallest absolute Gasteiger partial charge is 0.334 e. The first-order valence-electron chi connectivity index (χ1n) is 6.42. The fourth-order valence-electron chi connectivity index (χ4n) is 3.88. The maximum absolute atomic E-state index is 11.9. The van der Waals surface area contributed by atoms with Crippen LogP contribution in [0.2, 0.25) is 0 Å². The molecule has 3 aliphatic rings. The van der Waals surface area contributed by atoms with E-state index in [0.717, 1.165) is 17.6 Å². The Balaban J connectivity index is 1.94. The van der Waals surface area contributed by atoms with Crippen LogP contribution in [-0.4, -0.2) is 23.8 Å². The number of aliphatic hydroxyl groups excluding tert-OH is 1. The van der Waals surface area contributed by atoms with Crippen molar-refractivity contribution in [1.82, 2.24) is 0 Å². The number of fused-ring (bicyclic) bond motifs is 5. The summed E-state index contributed by atoms with van der Waals surface area (Å²) < 4.78 is 5.11. The van der Waals surface area contributed by atoms with Gasteiger partial charge in [0.05, 0.1) is 12.7 Å². The normalized spacial score (nSPS) is 39.0. The third-order valence-electron chi connectivity index (χ3n) is 4.41. The molecule has 2 bridgehead atoms. The summed E-state index contributed by atoms with van der Waals surface area (Å²) in [4.78, 5) is 11.9. The molecule has 3 nitrogen and oxygen atoms in total. The Morgan fingerprint density at radius 2 is 2.12 bits per heavy atom. The molecule has 0 aliphatic heterocycles. The van der Waals surface area contributed by atoms with Crippen LogP contribution in [0.25, 0.3) is 0 Å². The van der Waals surface area contributed by atoms with Crippen molar-refractivity contribution < 1.29 is 14.6 Å². The largest absolute Gasteiger partial charge is 0.463 e. The van der Waals surface area contributed by atoms with E-state index >= 15 is 0 Å². The summed E-state index contributed by atoms with van der Waals surface area (Å²) in [6.45, 7) is 3.97. The zero-order chi connectivity index (χ0) is 12.2. The van der Waals surface area contributed by atoms with E-state index in [1.54, 1.807) is 6.92 Å². The molecule has 0 saturated heterocycles. The number of rotatable bonds is 3. The van der Waals surface area contributed by atoms with Crippen LogP contribution in [0.3, 0.4) is 0 Å². The first kappa shape index (κ1) is 11.0. The Labute approximate surface area is 101 Å². The van der Waals surface area contributed by atoms with Crippen molar-refractivity contribution in [2.24, 2.45) is 23.7 Å². The van der Waals surface area contributed by atoms with E-state index in [4.69, 9.17) is 4.74 Å². The molecule has 5 atom stereocenters. The highest BCUT2D eigenvalue weighted by molar-refractivity contribution is 5.93. The van der Waals surface area contributed by atoms with E-state index in [-0.39, 0.29) is 5.97 Å². The quantitative estimate of drug-likeness (QED) is 0.597. The molecular formula is C14H18O3. The average Bonchev–Trinajstić information content (AvgIpc) is 2.74. The highest BCUT2D eigenvalue weighted by Crippen LogP contribution is 2.61. The second kappa shape index (κ2) is 3.70. The summed E-state index contributed by atoms with van der Waals surface area (Å²) in [5, 5.41) is 9.85. The third kappa shape index (κ3) is 1.35. The maximum Gasteiger partial charge on any atom is 0.334 e. The van der Waals surface area contributed by atoms with Crippen molar-refractivity contribution in [3.8, 4) is 0 Å². The molecule has 1 fully saturated rings. The van der Waals surface area contributed by atoms with Gasteiger partial charge < -0.3 is 9.84 Å². The summed E-state index contributed by atoms with van der Waals surface area (Å²) in [6, 6.07) is 0. The SMILES string of the molecule is CCOC(=O)C1=C([C@H](C)O)[C@@H]2[C@H]1[C@H]1C=C[C@@H]2C1. The summed E-state index contributed by atoms with van der Waals surface area (Å²) in [7, 11) is 0. The molecule has 3 aliphatic carbocycles. The van der Waals surface area contributed by atoms with Crippen LogP contribution in [0.15, 0.2) is 23.3 Å². The summed E-state index contributed by atoms with van der Waals surface area (Å²) in [6.07, 6.45) is 5.08. The van der Waals surface area contributed by atoms with Gasteiger partial charge >= 0.3 is 5.97 Å². The maximum atomic E-state index is 11.9. The van der Waals surface area contributed by atoms with Crippen LogP contribution < -0.4 is 0 Å². The first-order valence-corrected chi connectivity index (χ1v) is 6.42. The van der Waals surface area contributed by atoms with E-state index < -0.39 is 6.10 Å². The molecule has 0 aromatic rings. The molecule has 1 N–H and O–H groups in total. The van der Waals surface area contributed by atoms with Gasteiger partial charge in [-0.05, 0) is 43.6 Å². The van der Waals surface area contributed by atoms with Crippen molar-refractivity contribution in [1.29, 1.82) is 0 Å². The van der Waals surface area contributed by atoms with Crippen molar-refractivity contribution in [3.63, 3.8) is 0 Å². The van der Waals surface area contributed by atoms with Crippen LogP contribution in [0, 0.1) is 23.7 Å². The van der Waals surface area contributed by atoms with E-state index in [1.807, 2.05) is 6.92 Å². The van der Waals surface area contributed by atoms with Crippen LogP contribution in [-0.2, 0) is 9.53 Å².